The maximum atomic E-state index is 15.2. The number of aliphatic hydroxyl groups is 1. The van der Waals surface area contributed by atoms with Crippen LogP contribution < -0.4 is 0 Å². The van der Waals surface area contributed by atoms with Crippen molar-refractivity contribution in [2.45, 2.75) is 105 Å². The number of carbonyl (C=O) groups is 3. The predicted molar refractivity (Wildman–Crippen MR) is 314 cm³/mol. The van der Waals surface area contributed by atoms with E-state index in [1.54, 1.807) is 48.5 Å². The smallest absolute Gasteiger partial charge is 0.338 e. The summed E-state index contributed by atoms with van der Waals surface area (Å²) in [4.78, 5) is 46.1. The summed E-state index contributed by atoms with van der Waals surface area (Å²) in [5, 5.41) is 12.5. The van der Waals surface area contributed by atoms with Crippen LogP contribution in [0.5, 0.6) is 0 Å². The van der Waals surface area contributed by atoms with E-state index in [1.807, 2.05) is 182 Å². The minimum Gasteiger partial charge on any atom is -0.453 e. The molecule has 0 aliphatic carbocycles. The van der Waals surface area contributed by atoms with Crippen LogP contribution in [0.4, 0.5) is 0 Å². The number of imide groups is 1. The SMILES string of the molecule is O=C(O[C@H]1[C@H](O)[C@@H](COCc2ccccc2)O[C@@H](OCc2ccccc2)[C@@H]1N1C(=O)c2ccccc2C1=O)c1ccccc1CO[C@@H]1[C@@H](OCc2ccccc2)[C@H](OCc2ccccc2)[C@@H](COCc2ccccc2)O[C@H]1Sc1ccccc1. The molecule has 1 N–H and O–H groups in total. The Hall–Kier alpha value is -7.64. The zero-order valence-electron chi connectivity index (χ0n) is 46.1. The second-order valence-electron chi connectivity index (χ2n) is 20.6. The van der Waals surface area contributed by atoms with Gasteiger partial charge in [0.1, 0.15) is 48.1 Å². The first kappa shape index (κ1) is 58.1. The molecule has 0 spiro atoms. The van der Waals surface area contributed by atoms with Crippen LogP contribution in [0, 0.1) is 0 Å². The maximum Gasteiger partial charge on any atom is 0.338 e. The van der Waals surface area contributed by atoms with Crippen molar-refractivity contribution in [2.75, 3.05) is 13.2 Å². The van der Waals surface area contributed by atoms with Crippen LogP contribution in [0.3, 0.4) is 0 Å². The predicted octanol–water partition coefficient (Wildman–Crippen LogP) is 11.2. The molecule has 0 radical (unpaired) electrons. The van der Waals surface area contributed by atoms with Crippen LogP contribution in [-0.4, -0.2) is 101 Å². The van der Waals surface area contributed by atoms with Crippen molar-refractivity contribution in [3.8, 4) is 0 Å². The number of hydrogen-bond acceptors (Lipinski definition) is 14. The molecule has 84 heavy (non-hydrogen) atoms. The van der Waals surface area contributed by atoms with Crippen molar-refractivity contribution < 1.29 is 62.1 Å². The number of nitrogens with zero attached hydrogens (tertiary/aromatic N) is 1. The van der Waals surface area contributed by atoms with E-state index in [1.165, 1.54) is 11.8 Å². The summed E-state index contributed by atoms with van der Waals surface area (Å²) in [5.41, 5.74) is 4.70. The standard InChI is InChI=1S/C69H65NO13S/c71-60-57(45-75-39-47-23-7-1-8-24-47)81-68(80-43-51-31-15-5-16-32-51)59(70-65(72)55-37-21-22-38-56(55)66(70)73)62(60)83-67(74)54-36-20-19-33-52(54)44-79-64-63(78-42-50-29-13-4-14-30-50)61(77-41-49-27-11-3-12-28-49)58(46-76-40-48-25-9-2-10-26-48)82-69(64)84-53-34-17-6-18-35-53/h1-38,57-64,68-69,71H,39-46H2/t57-,58-,59-,60-,61-,62-,63+,64-,68-,69+/m1/s1. The summed E-state index contributed by atoms with van der Waals surface area (Å²) in [6.45, 7) is 0.839. The minimum atomic E-state index is -1.63. The topological polar surface area (TPSA) is 158 Å². The number of aliphatic hydroxyl groups excluding tert-OH is 1. The van der Waals surface area contributed by atoms with Crippen LogP contribution in [0.1, 0.15) is 64.5 Å². The van der Waals surface area contributed by atoms with Crippen LogP contribution in [0.15, 0.2) is 235 Å². The molecule has 0 bridgehead atoms. The molecule has 8 aromatic carbocycles. The fourth-order valence-electron chi connectivity index (χ4n) is 10.6. The van der Waals surface area contributed by atoms with Gasteiger partial charge in [0.25, 0.3) is 11.8 Å². The number of thioether (sulfide) groups is 1. The Bertz CT molecular complexity index is 3330. The number of ether oxygens (including phenoxy) is 9. The molecule has 10 atom stereocenters. The van der Waals surface area contributed by atoms with Gasteiger partial charge in [-0.3, -0.25) is 14.5 Å². The fourth-order valence-corrected chi connectivity index (χ4v) is 11.8. The van der Waals surface area contributed by atoms with Gasteiger partial charge in [-0.2, -0.15) is 0 Å². The molecule has 3 aliphatic rings. The largest absolute Gasteiger partial charge is 0.453 e. The summed E-state index contributed by atoms with van der Waals surface area (Å²) in [7, 11) is 0. The summed E-state index contributed by atoms with van der Waals surface area (Å²) in [6, 6.07) is 70.3. The molecule has 0 unspecified atom stereocenters. The average molecular weight is 1150 g/mol. The minimum absolute atomic E-state index is 0.0101. The van der Waals surface area contributed by atoms with E-state index in [9.17, 15) is 14.7 Å². The van der Waals surface area contributed by atoms with Gasteiger partial charge in [0.05, 0.1) is 69.5 Å². The van der Waals surface area contributed by atoms with Crippen LogP contribution in [-0.2, 0) is 82.3 Å². The first-order valence-corrected chi connectivity index (χ1v) is 29.0. The van der Waals surface area contributed by atoms with E-state index < -0.39 is 78.3 Å². The third-order valence-corrected chi connectivity index (χ3v) is 16.0. The van der Waals surface area contributed by atoms with Gasteiger partial charge >= 0.3 is 5.97 Å². The lowest BCUT2D eigenvalue weighted by atomic mass is 9.94. The third kappa shape index (κ3) is 14.5. The quantitative estimate of drug-likeness (QED) is 0.0426. The van der Waals surface area contributed by atoms with Crippen LogP contribution in [0.25, 0.3) is 0 Å². The lowest BCUT2D eigenvalue weighted by molar-refractivity contribution is -0.284. The Morgan fingerprint density at radius 3 is 1.40 bits per heavy atom. The highest BCUT2D eigenvalue weighted by atomic mass is 32.2. The number of carbonyl (C=O) groups excluding carboxylic acids is 3. The molecule has 8 aromatic rings. The lowest BCUT2D eigenvalue weighted by Crippen LogP contribution is -2.66. The average Bonchev–Trinajstić information content (AvgIpc) is 2.80. The van der Waals surface area contributed by atoms with Gasteiger partial charge in [-0.05, 0) is 63.7 Å². The van der Waals surface area contributed by atoms with Gasteiger partial charge in [-0.25, -0.2) is 4.79 Å². The number of amides is 2. The summed E-state index contributed by atoms with van der Waals surface area (Å²) in [5.74, 6) is -2.17. The molecule has 3 aliphatic heterocycles. The Morgan fingerprint density at radius 1 is 0.440 bits per heavy atom. The number of fused-ring (bicyclic) bond motifs is 1. The molecular weight excluding hydrogens is 1080 g/mol. The van der Waals surface area contributed by atoms with E-state index >= 15 is 4.79 Å². The van der Waals surface area contributed by atoms with Gasteiger partial charge in [0.15, 0.2) is 12.4 Å². The molecule has 15 heteroatoms. The van der Waals surface area contributed by atoms with E-state index in [0.29, 0.717) is 12.2 Å². The highest BCUT2D eigenvalue weighted by Gasteiger charge is 2.56. The normalized spacial score (nSPS) is 23.0. The van der Waals surface area contributed by atoms with E-state index in [0.717, 1.165) is 37.6 Å². The zero-order chi connectivity index (χ0) is 57.5. The first-order valence-electron chi connectivity index (χ1n) is 28.1. The van der Waals surface area contributed by atoms with E-state index in [2.05, 4.69) is 0 Å². The summed E-state index contributed by atoms with van der Waals surface area (Å²) >= 11 is 1.48. The maximum absolute atomic E-state index is 15.2. The Balaban J connectivity index is 0.915. The molecule has 430 valence electrons. The third-order valence-electron chi connectivity index (χ3n) is 14.9. The van der Waals surface area contributed by atoms with Crippen molar-refractivity contribution in [3.63, 3.8) is 0 Å². The van der Waals surface area contributed by atoms with Crippen molar-refractivity contribution in [1.29, 1.82) is 0 Å². The second-order valence-corrected chi connectivity index (χ2v) is 21.8. The Morgan fingerprint density at radius 2 is 0.869 bits per heavy atom. The zero-order valence-corrected chi connectivity index (χ0v) is 46.9. The van der Waals surface area contributed by atoms with Crippen molar-refractivity contribution >= 4 is 29.5 Å². The molecule has 3 heterocycles. The molecule has 2 amide bonds. The second kappa shape index (κ2) is 28.8. The summed E-state index contributed by atoms with van der Waals surface area (Å²) < 4.78 is 60.3. The van der Waals surface area contributed by atoms with E-state index in [-0.39, 0.29) is 62.9 Å². The molecule has 0 saturated carbocycles. The van der Waals surface area contributed by atoms with Crippen LogP contribution in [0.2, 0.25) is 0 Å². The van der Waals surface area contributed by atoms with Gasteiger partial charge in [-0.1, -0.05) is 212 Å². The highest BCUT2D eigenvalue weighted by Crippen LogP contribution is 2.40. The van der Waals surface area contributed by atoms with Gasteiger partial charge < -0.3 is 47.7 Å². The molecule has 14 nitrogen and oxygen atoms in total. The van der Waals surface area contributed by atoms with Crippen LogP contribution >= 0.6 is 11.8 Å². The first-order chi connectivity index (χ1) is 41.3. The number of benzene rings is 8. The molecule has 0 aromatic heterocycles. The molecule has 2 fully saturated rings. The molecular formula is C69H65NO13S. The number of hydrogen-bond donors (Lipinski definition) is 1. The molecule has 2 saturated heterocycles. The monoisotopic (exact) mass is 1150 g/mol. The Kier molecular flexibility index (Phi) is 19.9. The Labute approximate surface area is 493 Å². The van der Waals surface area contributed by atoms with Gasteiger partial charge in [0, 0.05) is 4.90 Å². The number of rotatable bonds is 25. The van der Waals surface area contributed by atoms with Crippen molar-refractivity contribution in [3.05, 3.63) is 281 Å². The fraction of sp³-hybridized carbons (Fsp3) is 0.261. The van der Waals surface area contributed by atoms with E-state index in [4.69, 9.17) is 42.6 Å². The van der Waals surface area contributed by atoms with Gasteiger partial charge in [-0.15, -0.1) is 0 Å². The van der Waals surface area contributed by atoms with Gasteiger partial charge in [0.2, 0.25) is 0 Å². The number of esters is 1. The highest BCUT2D eigenvalue weighted by molar-refractivity contribution is 7.99. The van der Waals surface area contributed by atoms with Crippen molar-refractivity contribution in [2.24, 2.45) is 0 Å². The molecule has 11 rings (SSSR count). The lowest BCUT2D eigenvalue weighted by Gasteiger charge is -2.46. The summed E-state index contributed by atoms with van der Waals surface area (Å²) in [6.07, 6.45) is -8.72. The van der Waals surface area contributed by atoms with Crippen molar-refractivity contribution in [1.82, 2.24) is 4.90 Å².